The van der Waals surface area contributed by atoms with Gasteiger partial charge >= 0.3 is 0 Å². The number of amides is 1. The summed E-state index contributed by atoms with van der Waals surface area (Å²) in [5, 5.41) is 13.4. The molecule has 0 spiro atoms. The number of hydrogen-bond donors (Lipinski definition) is 2. The van der Waals surface area contributed by atoms with Gasteiger partial charge in [0.05, 0.1) is 12.2 Å². The lowest BCUT2D eigenvalue weighted by molar-refractivity contribution is -0.0109. The first-order chi connectivity index (χ1) is 10.1. The van der Waals surface area contributed by atoms with Crippen molar-refractivity contribution in [2.75, 3.05) is 13.2 Å². The molecule has 2 N–H and O–H groups in total. The van der Waals surface area contributed by atoms with E-state index in [0.717, 1.165) is 37.0 Å². The highest BCUT2D eigenvalue weighted by Gasteiger charge is 2.33. The summed E-state index contributed by atoms with van der Waals surface area (Å²) in [5.74, 6) is 1.29. The number of nitrogens with one attached hydrogen (secondary N) is 1. The van der Waals surface area contributed by atoms with Crippen LogP contribution in [-0.2, 0) is 6.42 Å². The van der Waals surface area contributed by atoms with E-state index in [1.165, 1.54) is 6.42 Å². The number of rotatable bonds is 3. The minimum Gasteiger partial charge on any atom is -0.493 e. The molecule has 1 amide bonds. The molecule has 0 radical (unpaired) electrons. The van der Waals surface area contributed by atoms with Crippen LogP contribution in [-0.4, -0.2) is 29.8 Å². The van der Waals surface area contributed by atoms with E-state index in [0.29, 0.717) is 24.6 Å². The Morgan fingerprint density at radius 2 is 2.38 bits per heavy atom. The summed E-state index contributed by atoms with van der Waals surface area (Å²) in [6.07, 6.45) is 4.60. The van der Waals surface area contributed by atoms with E-state index < -0.39 is 5.60 Å². The van der Waals surface area contributed by atoms with Gasteiger partial charge in [-0.25, -0.2) is 0 Å². The molecule has 1 aromatic carbocycles. The van der Waals surface area contributed by atoms with Crippen LogP contribution in [0, 0.1) is 5.92 Å². The summed E-state index contributed by atoms with van der Waals surface area (Å²) in [7, 11) is 0. The second-order valence-corrected chi connectivity index (χ2v) is 6.53. The Hall–Kier alpha value is -1.55. The summed E-state index contributed by atoms with van der Waals surface area (Å²) in [5.41, 5.74) is 0.993. The van der Waals surface area contributed by atoms with Crippen LogP contribution in [0.3, 0.4) is 0 Å². The van der Waals surface area contributed by atoms with Gasteiger partial charge in [-0.2, -0.15) is 0 Å². The monoisotopic (exact) mass is 289 g/mol. The van der Waals surface area contributed by atoms with Crippen molar-refractivity contribution >= 4 is 5.91 Å². The largest absolute Gasteiger partial charge is 0.493 e. The van der Waals surface area contributed by atoms with Crippen molar-refractivity contribution in [3.05, 3.63) is 29.3 Å². The van der Waals surface area contributed by atoms with E-state index in [1.54, 1.807) is 6.07 Å². The van der Waals surface area contributed by atoms with Gasteiger partial charge in [-0.3, -0.25) is 4.79 Å². The van der Waals surface area contributed by atoms with Crippen LogP contribution >= 0.6 is 0 Å². The van der Waals surface area contributed by atoms with Gasteiger partial charge in [-0.1, -0.05) is 19.8 Å². The van der Waals surface area contributed by atoms with Crippen LogP contribution < -0.4 is 10.1 Å². The number of aliphatic hydroxyl groups is 1. The molecule has 3 rings (SSSR count). The Bertz CT molecular complexity index is 543. The van der Waals surface area contributed by atoms with Gasteiger partial charge < -0.3 is 15.2 Å². The predicted molar refractivity (Wildman–Crippen MR) is 80.6 cm³/mol. The van der Waals surface area contributed by atoms with Crippen LogP contribution in [0.4, 0.5) is 0 Å². The maximum atomic E-state index is 12.2. The maximum Gasteiger partial charge on any atom is 0.251 e. The number of fused-ring (bicyclic) bond motifs is 1. The second-order valence-electron chi connectivity index (χ2n) is 6.53. The fourth-order valence-electron chi connectivity index (χ4n) is 3.47. The van der Waals surface area contributed by atoms with E-state index in [-0.39, 0.29) is 5.91 Å². The summed E-state index contributed by atoms with van der Waals surface area (Å²) in [6.45, 7) is 3.19. The van der Waals surface area contributed by atoms with Crippen molar-refractivity contribution in [1.29, 1.82) is 0 Å². The fraction of sp³-hybridized carbons (Fsp3) is 0.588. The minimum absolute atomic E-state index is 0.114. The normalized spacial score (nSPS) is 27.8. The van der Waals surface area contributed by atoms with E-state index in [1.807, 2.05) is 12.1 Å². The smallest absolute Gasteiger partial charge is 0.251 e. The van der Waals surface area contributed by atoms with Gasteiger partial charge in [0.15, 0.2) is 0 Å². The number of carbonyl (C=O) groups excluding carboxylic acids is 1. The molecule has 114 valence electrons. The molecule has 1 aliphatic heterocycles. The van der Waals surface area contributed by atoms with Crippen LogP contribution in [0.1, 0.15) is 48.5 Å². The third-order valence-electron chi connectivity index (χ3n) is 4.60. The van der Waals surface area contributed by atoms with Crippen molar-refractivity contribution < 1.29 is 14.6 Å². The van der Waals surface area contributed by atoms with Gasteiger partial charge in [-0.15, -0.1) is 0 Å². The third-order valence-corrected chi connectivity index (χ3v) is 4.60. The average molecular weight is 289 g/mol. The number of benzene rings is 1. The van der Waals surface area contributed by atoms with Gasteiger partial charge in [-0.05, 0) is 42.5 Å². The molecule has 1 heterocycles. The topological polar surface area (TPSA) is 58.6 Å². The Morgan fingerprint density at radius 3 is 3.19 bits per heavy atom. The Labute approximate surface area is 125 Å². The highest BCUT2D eigenvalue weighted by molar-refractivity contribution is 5.94. The molecule has 2 atom stereocenters. The first kappa shape index (κ1) is 14.4. The molecule has 0 bridgehead atoms. The third kappa shape index (κ3) is 3.21. The van der Waals surface area contributed by atoms with Crippen molar-refractivity contribution in [2.24, 2.45) is 5.92 Å². The Balaban J connectivity index is 1.61. The van der Waals surface area contributed by atoms with Crippen LogP contribution in [0.25, 0.3) is 0 Å². The highest BCUT2D eigenvalue weighted by atomic mass is 16.5. The molecule has 21 heavy (non-hydrogen) atoms. The Morgan fingerprint density at radius 1 is 1.52 bits per heavy atom. The van der Waals surface area contributed by atoms with Gasteiger partial charge in [0.25, 0.3) is 5.91 Å². The van der Waals surface area contributed by atoms with Crippen LogP contribution in [0.15, 0.2) is 18.2 Å². The molecule has 2 aliphatic rings. The van der Waals surface area contributed by atoms with Gasteiger partial charge in [0.1, 0.15) is 5.75 Å². The van der Waals surface area contributed by atoms with Gasteiger partial charge in [0.2, 0.25) is 0 Å². The summed E-state index contributed by atoms with van der Waals surface area (Å²) < 4.78 is 5.44. The Kier molecular flexibility index (Phi) is 3.89. The van der Waals surface area contributed by atoms with Crippen LogP contribution in [0.5, 0.6) is 5.75 Å². The molecule has 2 unspecified atom stereocenters. The molecule has 1 saturated carbocycles. The standard InChI is InChI=1S/C17H23NO3/c1-12-3-2-7-17(20,10-12)11-18-16(19)14-4-5-15-13(9-14)6-8-21-15/h4-5,9,12,20H,2-3,6-8,10-11H2,1H3,(H,18,19). The predicted octanol–water partition coefficient (Wildman–Crippen LogP) is 2.29. The van der Waals surface area contributed by atoms with E-state index in [9.17, 15) is 9.90 Å². The minimum atomic E-state index is -0.743. The van der Waals surface area contributed by atoms with E-state index >= 15 is 0 Å². The molecule has 1 aliphatic carbocycles. The molecule has 0 aromatic heterocycles. The molecule has 4 nitrogen and oxygen atoms in total. The van der Waals surface area contributed by atoms with Crippen molar-refractivity contribution in [3.8, 4) is 5.75 Å². The second kappa shape index (κ2) is 5.68. The highest BCUT2D eigenvalue weighted by Crippen LogP contribution is 2.31. The zero-order chi connectivity index (χ0) is 14.9. The molecule has 0 saturated heterocycles. The lowest BCUT2D eigenvalue weighted by Crippen LogP contribution is -2.45. The van der Waals surface area contributed by atoms with E-state index in [2.05, 4.69) is 12.2 Å². The SMILES string of the molecule is CC1CCCC(O)(CNC(=O)c2ccc3c(c2)CCO3)C1. The lowest BCUT2D eigenvalue weighted by atomic mass is 9.79. The number of hydrogen-bond acceptors (Lipinski definition) is 3. The molecular weight excluding hydrogens is 266 g/mol. The number of carbonyl (C=O) groups is 1. The molecule has 1 fully saturated rings. The van der Waals surface area contributed by atoms with Gasteiger partial charge in [0, 0.05) is 18.5 Å². The van der Waals surface area contributed by atoms with Crippen LogP contribution in [0.2, 0.25) is 0 Å². The van der Waals surface area contributed by atoms with Crippen molar-refractivity contribution in [2.45, 2.75) is 44.6 Å². The molecular formula is C17H23NO3. The maximum absolute atomic E-state index is 12.2. The quantitative estimate of drug-likeness (QED) is 0.897. The zero-order valence-corrected chi connectivity index (χ0v) is 12.5. The average Bonchev–Trinajstić information content (AvgIpc) is 2.92. The summed E-state index contributed by atoms with van der Waals surface area (Å²) in [6, 6.07) is 5.53. The molecule has 1 aromatic rings. The lowest BCUT2D eigenvalue weighted by Gasteiger charge is -2.35. The van der Waals surface area contributed by atoms with Crippen molar-refractivity contribution in [3.63, 3.8) is 0 Å². The number of ether oxygens (including phenoxy) is 1. The first-order valence-corrected chi connectivity index (χ1v) is 7.82. The van der Waals surface area contributed by atoms with Crippen molar-refractivity contribution in [1.82, 2.24) is 5.32 Å². The fourth-order valence-corrected chi connectivity index (χ4v) is 3.47. The molecule has 4 heteroatoms. The summed E-state index contributed by atoms with van der Waals surface area (Å²) >= 11 is 0. The summed E-state index contributed by atoms with van der Waals surface area (Å²) in [4.78, 5) is 12.2. The first-order valence-electron chi connectivity index (χ1n) is 7.82. The van der Waals surface area contributed by atoms with E-state index in [4.69, 9.17) is 4.74 Å². The zero-order valence-electron chi connectivity index (χ0n) is 12.5.